The topological polar surface area (TPSA) is 89.5 Å². The fourth-order valence-electron chi connectivity index (χ4n) is 2.63. The Bertz CT molecular complexity index is 725. The molecule has 1 aromatic rings. The maximum atomic E-state index is 13.5. The van der Waals surface area contributed by atoms with Gasteiger partial charge in [0.05, 0.1) is 26.4 Å². The van der Waals surface area contributed by atoms with Crippen LogP contribution in [0, 0.1) is 0 Å². The monoisotopic (exact) mass is 434 g/mol. The number of fused-ring (bicyclic) bond motifs is 1. The lowest BCUT2D eigenvalue weighted by Crippen LogP contribution is -2.15. The van der Waals surface area contributed by atoms with Gasteiger partial charge in [0.25, 0.3) is 0 Å². The molecule has 1 aromatic carbocycles. The third-order valence-corrected chi connectivity index (χ3v) is 8.86. The molecule has 1 aliphatic heterocycles. The molecule has 0 saturated carbocycles. The minimum atomic E-state index is -3.93. The molecule has 0 unspecified atom stereocenters. The summed E-state index contributed by atoms with van der Waals surface area (Å²) in [7, 11) is -7.86. The summed E-state index contributed by atoms with van der Waals surface area (Å²) in [6, 6.07) is 5.17. The highest BCUT2D eigenvalue weighted by molar-refractivity contribution is 7.79. The summed E-state index contributed by atoms with van der Waals surface area (Å²) in [6.45, 7) is 8.05. The second-order valence-corrected chi connectivity index (χ2v) is 9.91. The van der Waals surface area contributed by atoms with Crippen molar-refractivity contribution in [2.45, 2.75) is 27.7 Å². The van der Waals surface area contributed by atoms with Crippen LogP contribution in [0.15, 0.2) is 23.3 Å². The zero-order chi connectivity index (χ0) is 20.6. The highest BCUT2D eigenvalue weighted by Gasteiger charge is 2.45. The van der Waals surface area contributed by atoms with Crippen molar-refractivity contribution in [2.75, 3.05) is 39.6 Å². The Morgan fingerprint density at radius 3 is 1.79 bits per heavy atom. The van der Waals surface area contributed by atoms with Gasteiger partial charge in [0.2, 0.25) is 0 Å². The number of rotatable bonds is 11. The molecule has 1 aliphatic rings. The minimum Gasteiger partial charge on any atom is -0.486 e. The van der Waals surface area contributed by atoms with Crippen LogP contribution in [0.25, 0.3) is 6.08 Å². The van der Waals surface area contributed by atoms with E-state index in [4.69, 9.17) is 27.6 Å². The van der Waals surface area contributed by atoms with Gasteiger partial charge in [0.15, 0.2) is 16.6 Å². The van der Waals surface area contributed by atoms with Crippen molar-refractivity contribution in [1.82, 2.24) is 0 Å². The van der Waals surface area contributed by atoms with Crippen LogP contribution in [-0.2, 0) is 27.2 Å². The third-order valence-electron chi connectivity index (χ3n) is 3.62. The molecule has 0 N–H and O–H groups in total. The van der Waals surface area contributed by atoms with Crippen molar-refractivity contribution in [3.8, 4) is 11.5 Å². The molecule has 0 atom stereocenters. The van der Waals surface area contributed by atoms with Crippen molar-refractivity contribution in [1.29, 1.82) is 0 Å². The van der Waals surface area contributed by atoms with Crippen LogP contribution in [0.4, 0.5) is 0 Å². The molecule has 0 fully saturated rings. The number of hydrogen-bond donors (Lipinski definition) is 0. The maximum Gasteiger partial charge on any atom is 0.369 e. The highest BCUT2D eigenvalue weighted by atomic mass is 31.2. The summed E-state index contributed by atoms with van der Waals surface area (Å²) in [4.78, 5) is 0. The Hall–Kier alpha value is -1.14. The lowest BCUT2D eigenvalue weighted by Gasteiger charge is -2.26. The van der Waals surface area contributed by atoms with E-state index in [1.54, 1.807) is 45.9 Å². The van der Waals surface area contributed by atoms with E-state index in [9.17, 15) is 9.13 Å². The van der Waals surface area contributed by atoms with Crippen LogP contribution in [0.2, 0.25) is 0 Å². The summed E-state index contributed by atoms with van der Waals surface area (Å²) in [5.41, 5.74) is 0.582. The highest BCUT2D eigenvalue weighted by Crippen LogP contribution is 2.74. The molecule has 0 aromatic heterocycles. The molecular weight excluding hydrogens is 406 g/mol. The number of hydrogen-bond acceptors (Lipinski definition) is 8. The molecule has 158 valence electrons. The summed E-state index contributed by atoms with van der Waals surface area (Å²) >= 11 is 0. The van der Waals surface area contributed by atoms with E-state index >= 15 is 0 Å². The Morgan fingerprint density at radius 1 is 0.857 bits per heavy atom. The van der Waals surface area contributed by atoms with E-state index in [1.165, 1.54) is 6.08 Å². The first-order valence-electron chi connectivity index (χ1n) is 9.33. The van der Waals surface area contributed by atoms with Gasteiger partial charge in [-0.15, -0.1) is 0 Å². The van der Waals surface area contributed by atoms with Gasteiger partial charge < -0.3 is 27.6 Å². The van der Waals surface area contributed by atoms with Gasteiger partial charge in [0.1, 0.15) is 13.2 Å². The molecule has 0 amide bonds. The molecular formula is C18H28O8P2. The zero-order valence-corrected chi connectivity index (χ0v) is 18.5. The Morgan fingerprint density at radius 2 is 1.32 bits per heavy atom. The van der Waals surface area contributed by atoms with Gasteiger partial charge >= 0.3 is 15.2 Å². The number of benzene rings is 1. The van der Waals surface area contributed by atoms with Crippen molar-refractivity contribution < 1.29 is 36.7 Å². The first kappa shape index (κ1) is 23.1. The predicted octanol–water partition coefficient (Wildman–Crippen LogP) is 5.29. The summed E-state index contributed by atoms with van der Waals surface area (Å²) in [5.74, 6) is 1.16. The molecule has 28 heavy (non-hydrogen) atoms. The molecule has 0 bridgehead atoms. The van der Waals surface area contributed by atoms with E-state index in [2.05, 4.69) is 0 Å². The third kappa shape index (κ3) is 5.47. The van der Waals surface area contributed by atoms with Crippen LogP contribution < -0.4 is 9.47 Å². The predicted molar refractivity (Wildman–Crippen MR) is 107 cm³/mol. The van der Waals surface area contributed by atoms with Crippen LogP contribution in [0.1, 0.15) is 33.3 Å². The van der Waals surface area contributed by atoms with Gasteiger partial charge in [-0.1, -0.05) is 6.07 Å². The fraction of sp³-hybridized carbons (Fsp3) is 0.556. The average molecular weight is 434 g/mol. The fourth-order valence-corrected chi connectivity index (χ4v) is 7.17. The standard InChI is InChI=1S/C18H28O8P2/c1-5-23-27(19,24-6-2)18(28(20,25-7-3)26-8-4)14-15-9-10-16-17(13-15)22-12-11-21-16/h9-10,13-14H,5-8,11-12H2,1-4H3. The van der Waals surface area contributed by atoms with Crippen LogP contribution in [0.3, 0.4) is 0 Å². The van der Waals surface area contributed by atoms with E-state index in [1.807, 2.05) is 0 Å². The van der Waals surface area contributed by atoms with Crippen LogP contribution >= 0.6 is 15.2 Å². The second kappa shape index (κ2) is 10.6. The van der Waals surface area contributed by atoms with Crippen LogP contribution in [0.5, 0.6) is 11.5 Å². The Kier molecular flexibility index (Phi) is 8.75. The van der Waals surface area contributed by atoms with Crippen molar-refractivity contribution in [3.63, 3.8) is 0 Å². The lowest BCUT2D eigenvalue weighted by atomic mass is 10.2. The van der Waals surface area contributed by atoms with E-state index in [0.29, 0.717) is 30.3 Å². The van der Waals surface area contributed by atoms with Crippen molar-refractivity contribution >= 4 is 21.3 Å². The maximum absolute atomic E-state index is 13.5. The summed E-state index contributed by atoms with van der Waals surface area (Å²) in [6.07, 6.45) is 1.47. The smallest absolute Gasteiger partial charge is 0.369 e. The second-order valence-electron chi connectivity index (χ2n) is 5.57. The van der Waals surface area contributed by atoms with Crippen molar-refractivity contribution in [2.24, 2.45) is 0 Å². The quantitative estimate of drug-likeness (QED) is 0.434. The van der Waals surface area contributed by atoms with Gasteiger partial charge in [-0.05, 0) is 51.5 Å². The molecule has 0 radical (unpaired) electrons. The Labute approximate surface area is 166 Å². The minimum absolute atomic E-state index is 0.105. The van der Waals surface area contributed by atoms with E-state index < -0.39 is 15.2 Å². The largest absolute Gasteiger partial charge is 0.486 e. The molecule has 0 saturated heterocycles. The lowest BCUT2D eigenvalue weighted by molar-refractivity contribution is 0.171. The molecule has 10 heteroatoms. The van der Waals surface area contributed by atoms with E-state index in [-0.39, 0.29) is 31.5 Å². The summed E-state index contributed by atoms with van der Waals surface area (Å²) < 4.78 is 59.8. The van der Waals surface area contributed by atoms with Gasteiger partial charge in [-0.25, -0.2) is 0 Å². The first-order chi connectivity index (χ1) is 13.4. The molecule has 0 aliphatic carbocycles. The van der Waals surface area contributed by atoms with Crippen LogP contribution in [-0.4, -0.2) is 39.6 Å². The SMILES string of the molecule is CCOP(=O)(OCC)C(=Cc1ccc2c(c1)OCCO2)P(=O)(OCC)OCC. The Balaban J connectivity index is 2.60. The van der Waals surface area contributed by atoms with E-state index in [0.717, 1.165) is 0 Å². The molecule has 8 nitrogen and oxygen atoms in total. The first-order valence-corrected chi connectivity index (χ1v) is 12.4. The average Bonchev–Trinajstić information content (AvgIpc) is 2.66. The van der Waals surface area contributed by atoms with Gasteiger partial charge in [-0.2, -0.15) is 0 Å². The molecule has 2 rings (SSSR count). The zero-order valence-electron chi connectivity index (χ0n) is 16.7. The molecule has 1 heterocycles. The molecule has 0 spiro atoms. The van der Waals surface area contributed by atoms with Gasteiger partial charge in [0, 0.05) is 0 Å². The van der Waals surface area contributed by atoms with Gasteiger partial charge in [-0.3, -0.25) is 9.13 Å². The normalized spacial score (nSPS) is 14.0. The summed E-state index contributed by atoms with van der Waals surface area (Å²) in [5, 5.41) is -0.135. The number of ether oxygens (including phenoxy) is 2. The van der Waals surface area contributed by atoms with Crippen molar-refractivity contribution in [3.05, 3.63) is 28.8 Å².